The van der Waals surface area contributed by atoms with Gasteiger partial charge in [-0.15, -0.1) is 0 Å². The summed E-state index contributed by atoms with van der Waals surface area (Å²) in [5, 5.41) is 0. The first kappa shape index (κ1) is 14.6. The highest BCUT2D eigenvalue weighted by Crippen LogP contribution is 2.30. The zero-order chi connectivity index (χ0) is 15.6. The highest BCUT2D eigenvalue weighted by molar-refractivity contribution is 6.02. The molecule has 110 valence electrons. The number of nitrogens with two attached hydrogens (primary N) is 2. The van der Waals surface area contributed by atoms with Crippen molar-refractivity contribution in [3.63, 3.8) is 0 Å². The number of hydrogen-bond donors (Lipinski definition) is 3. The maximum Gasteiger partial charge on any atom is 0.416 e. The largest absolute Gasteiger partial charge is 0.416 e. The quantitative estimate of drug-likeness (QED) is 0.584. The van der Waals surface area contributed by atoms with E-state index >= 15 is 0 Å². The van der Waals surface area contributed by atoms with Gasteiger partial charge in [-0.1, -0.05) is 0 Å². The van der Waals surface area contributed by atoms with E-state index in [9.17, 15) is 18.0 Å². The van der Waals surface area contributed by atoms with Crippen LogP contribution in [-0.2, 0) is 6.18 Å². The third-order valence-electron chi connectivity index (χ3n) is 2.69. The zero-order valence-electron chi connectivity index (χ0n) is 10.6. The summed E-state index contributed by atoms with van der Waals surface area (Å²) < 4.78 is 37.3. The third-order valence-corrected chi connectivity index (χ3v) is 2.69. The van der Waals surface area contributed by atoms with Crippen LogP contribution in [0.1, 0.15) is 11.1 Å². The van der Waals surface area contributed by atoms with E-state index in [0.29, 0.717) is 0 Å². The molecule has 0 saturated heterocycles. The number of nitrogens with one attached hydrogen (secondary N) is 1. The molecule has 0 saturated carbocycles. The average molecular weight is 296 g/mol. The van der Waals surface area contributed by atoms with Crippen molar-refractivity contribution in [3.8, 4) is 0 Å². The molecule has 5 nitrogen and oxygen atoms in total. The van der Waals surface area contributed by atoms with Crippen molar-refractivity contribution < 1.29 is 13.2 Å². The van der Waals surface area contributed by atoms with Gasteiger partial charge in [-0.05, 0) is 30.3 Å². The van der Waals surface area contributed by atoms with E-state index in [-0.39, 0.29) is 22.8 Å². The molecule has 5 N–H and O–H groups in total. The first-order chi connectivity index (χ1) is 9.79. The summed E-state index contributed by atoms with van der Waals surface area (Å²) in [7, 11) is 0. The van der Waals surface area contributed by atoms with Gasteiger partial charge in [0, 0.05) is 11.9 Å². The Kier molecular flexibility index (Phi) is 3.70. The van der Waals surface area contributed by atoms with Crippen LogP contribution < -0.4 is 17.0 Å². The molecule has 1 aromatic heterocycles. The van der Waals surface area contributed by atoms with Gasteiger partial charge in [-0.3, -0.25) is 4.79 Å². The molecule has 0 aliphatic heterocycles. The van der Waals surface area contributed by atoms with Crippen molar-refractivity contribution >= 4 is 17.2 Å². The number of halogens is 3. The van der Waals surface area contributed by atoms with Crippen molar-refractivity contribution in [2.45, 2.75) is 6.18 Å². The van der Waals surface area contributed by atoms with E-state index in [1.165, 1.54) is 12.3 Å². The van der Waals surface area contributed by atoms with Gasteiger partial charge in [0.05, 0.1) is 11.3 Å². The molecule has 0 aliphatic carbocycles. The van der Waals surface area contributed by atoms with E-state index in [0.717, 1.165) is 24.3 Å². The minimum atomic E-state index is -4.42. The Bertz CT molecular complexity index is 732. The van der Waals surface area contributed by atoms with Crippen LogP contribution in [0.5, 0.6) is 0 Å². The molecule has 0 amide bonds. The summed E-state index contributed by atoms with van der Waals surface area (Å²) in [6.07, 6.45) is -3.07. The topological polar surface area (TPSA) is 97.3 Å². The van der Waals surface area contributed by atoms with E-state index in [2.05, 4.69) is 9.98 Å². The predicted octanol–water partition coefficient (Wildman–Crippen LogP) is 2.01. The van der Waals surface area contributed by atoms with Crippen LogP contribution in [0.25, 0.3) is 0 Å². The number of nitrogens with zero attached hydrogens (tertiary/aromatic N) is 1. The molecule has 0 atom stereocenters. The molecule has 0 bridgehead atoms. The van der Waals surface area contributed by atoms with Crippen LogP contribution in [-0.4, -0.2) is 10.8 Å². The van der Waals surface area contributed by atoms with Gasteiger partial charge in [-0.25, -0.2) is 4.99 Å². The Labute approximate surface area is 117 Å². The second-order valence-corrected chi connectivity index (χ2v) is 4.18. The number of nitrogen functional groups attached to an aromatic ring is 1. The number of benzene rings is 1. The summed E-state index contributed by atoms with van der Waals surface area (Å²) in [5.74, 6) is -0.172. The Morgan fingerprint density at radius 2 is 1.76 bits per heavy atom. The van der Waals surface area contributed by atoms with Crippen molar-refractivity contribution in [2.24, 2.45) is 10.7 Å². The number of rotatable bonds is 2. The van der Waals surface area contributed by atoms with Gasteiger partial charge in [0.15, 0.2) is 0 Å². The van der Waals surface area contributed by atoms with Crippen LogP contribution >= 0.6 is 0 Å². The standard InChI is InChI=1S/C13H11F3N4O/c14-13(15,16)7-1-3-8(4-2-7)20-11(18)10-9(17)5-6-19-12(10)21/h1-6H,(H2,18,20)(H3,17,19,21). The molecule has 2 rings (SSSR count). The number of pyridine rings is 1. The van der Waals surface area contributed by atoms with Gasteiger partial charge in [0.2, 0.25) is 0 Å². The van der Waals surface area contributed by atoms with Gasteiger partial charge >= 0.3 is 6.18 Å². The Hall–Kier alpha value is -2.77. The lowest BCUT2D eigenvalue weighted by molar-refractivity contribution is -0.137. The number of hydrogen-bond acceptors (Lipinski definition) is 3. The molecular weight excluding hydrogens is 285 g/mol. The molecule has 0 radical (unpaired) electrons. The van der Waals surface area contributed by atoms with Gasteiger partial charge in [0.1, 0.15) is 11.4 Å². The fourth-order valence-corrected chi connectivity index (χ4v) is 1.68. The van der Waals surface area contributed by atoms with Crippen LogP contribution in [0.3, 0.4) is 0 Å². The number of amidine groups is 1. The molecule has 8 heteroatoms. The number of H-pyrrole nitrogens is 1. The molecule has 1 heterocycles. The number of aromatic amines is 1. The second kappa shape index (κ2) is 5.31. The monoisotopic (exact) mass is 296 g/mol. The van der Waals surface area contributed by atoms with E-state index in [4.69, 9.17) is 11.5 Å². The molecule has 21 heavy (non-hydrogen) atoms. The number of aliphatic imine (C=N–C) groups is 1. The van der Waals surface area contributed by atoms with Crippen molar-refractivity contribution in [3.05, 3.63) is 58.0 Å². The first-order valence-electron chi connectivity index (χ1n) is 5.78. The highest BCUT2D eigenvalue weighted by Gasteiger charge is 2.29. The van der Waals surface area contributed by atoms with Crippen molar-refractivity contribution in [1.82, 2.24) is 4.98 Å². The fraction of sp³-hybridized carbons (Fsp3) is 0.0769. The Balaban J connectivity index is 2.38. The summed E-state index contributed by atoms with van der Waals surface area (Å²) in [6, 6.07) is 5.51. The zero-order valence-corrected chi connectivity index (χ0v) is 10.6. The van der Waals surface area contributed by atoms with E-state index < -0.39 is 17.3 Å². The van der Waals surface area contributed by atoms with Crippen LogP contribution in [0.4, 0.5) is 24.5 Å². The minimum absolute atomic E-state index is 0.0163. The van der Waals surface area contributed by atoms with Crippen molar-refractivity contribution in [1.29, 1.82) is 0 Å². The highest BCUT2D eigenvalue weighted by atomic mass is 19.4. The van der Waals surface area contributed by atoms with E-state index in [1.807, 2.05) is 0 Å². The molecule has 1 aromatic carbocycles. The average Bonchev–Trinajstić information content (AvgIpc) is 2.38. The van der Waals surface area contributed by atoms with Crippen LogP contribution in [0.15, 0.2) is 46.3 Å². The first-order valence-corrected chi connectivity index (χ1v) is 5.78. The molecule has 2 aromatic rings. The number of alkyl halides is 3. The molecule has 0 unspecified atom stereocenters. The third kappa shape index (κ3) is 3.22. The predicted molar refractivity (Wildman–Crippen MR) is 73.3 cm³/mol. The molecular formula is C13H11F3N4O. The maximum atomic E-state index is 12.4. The molecule has 0 spiro atoms. The van der Waals surface area contributed by atoms with Crippen LogP contribution in [0, 0.1) is 0 Å². The fourth-order valence-electron chi connectivity index (χ4n) is 1.68. The van der Waals surface area contributed by atoms with Gasteiger partial charge < -0.3 is 16.5 Å². The second-order valence-electron chi connectivity index (χ2n) is 4.18. The van der Waals surface area contributed by atoms with Gasteiger partial charge in [0.25, 0.3) is 5.56 Å². The lowest BCUT2D eigenvalue weighted by atomic mass is 10.2. The summed E-state index contributed by atoms with van der Waals surface area (Å²) >= 11 is 0. The lowest BCUT2D eigenvalue weighted by Gasteiger charge is -2.07. The molecule has 0 aliphatic rings. The summed E-state index contributed by atoms with van der Waals surface area (Å²) in [4.78, 5) is 17.9. The normalized spacial score (nSPS) is 12.4. The Morgan fingerprint density at radius 1 is 1.14 bits per heavy atom. The Morgan fingerprint density at radius 3 is 2.29 bits per heavy atom. The maximum absolute atomic E-state index is 12.4. The van der Waals surface area contributed by atoms with Gasteiger partial charge in [-0.2, -0.15) is 13.2 Å². The SMILES string of the molecule is NC(=Nc1ccc(C(F)(F)F)cc1)c1c(N)cc[nH]c1=O. The van der Waals surface area contributed by atoms with Crippen LogP contribution in [0.2, 0.25) is 0 Å². The number of aromatic nitrogens is 1. The minimum Gasteiger partial charge on any atom is -0.398 e. The number of anilines is 1. The molecule has 0 fully saturated rings. The van der Waals surface area contributed by atoms with E-state index in [1.54, 1.807) is 0 Å². The smallest absolute Gasteiger partial charge is 0.398 e. The summed E-state index contributed by atoms with van der Waals surface area (Å²) in [6.45, 7) is 0. The lowest BCUT2D eigenvalue weighted by Crippen LogP contribution is -2.25. The van der Waals surface area contributed by atoms with Crippen molar-refractivity contribution in [2.75, 3.05) is 5.73 Å². The summed E-state index contributed by atoms with van der Waals surface area (Å²) in [5.41, 5.74) is 10.3.